The maximum Gasteiger partial charge on any atom is 0.306 e. The molecule has 0 aliphatic heterocycles. The van der Waals surface area contributed by atoms with E-state index in [1.807, 2.05) is 0 Å². The van der Waals surface area contributed by atoms with Crippen molar-refractivity contribution < 1.29 is 28.6 Å². The first-order valence-corrected chi connectivity index (χ1v) is 31.7. The standard InChI is InChI=1S/C64H124O6/c1-6-7-8-9-10-11-12-13-14-15-16-20-23-26-29-34-39-44-49-54-62(65)68-57-61(70-64(67)56-51-46-41-36-31-33-38-43-48-53-60(4)5)58-69-63(66)55-50-45-40-35-30-27-24-21-18-17-19-22-25-28-32-37-42-47-52-59(2)3/h59-61H,6-58H2,1-5H3/t61-/m0/s1. The molecule has 0 N–H and O–H groups in total. The van der Waals surface area contributed by atoms with Gasteiger partial charge in [0.1, 0.15) is 13.2 Å². The van der Waals surface area contributed by atoms with Crippen LogP contribution in [0.3, 0.4) is 0 Å². The molecule has 6 heteroatoms. The van der Waals surface area contributed by atoms with E-state index in [-0.39, 0.29) is 31.1 Å². The van der Waals surface area contributed by atoms with Crippen LogP contribution in [0, 0.1) is 11.8 Å². The molecule has 1 atom stereocenters. The Morgan fingerprint density at radius 3 is 0.700 bits per heavy atom. The zero-order valence-corrected chi connectivity index (χ0v) is 48.2. The van der Waals surface area contributed by atoms with Crippen molar-refractivity contribution in [3.8, 4) is 0 Å². The summed E-state index contributed by atoms with van der Waals surface area (Å²) in [7, 11) is 0. The van der Waals surface area contributed by atoms with Crippen molar-refractivity contribution in [3.63, 3.8) is 0 Å². The summed E-state index contributed by atoms with van der Waals surface area (Å²) in [6, 6.07) is 0. The second-order valence-electron chi connectivity index (χ2n) is 23.0. The van der Waals surface area contributed by atoms with E-state index in [9.17, 15) is 14.4 Å². The molecular formula is C64H124O6. The van der Waals surface area contributed by atoms with Crippen LogP contribution in [0.1, 0.15) is 362 Å². The summed E-state index contributed by atoms with van der Waals surface area (Å²) < 4.78 is 16.9. The van der Waals surface area contributed by atoms with Gasteiger partial charge in [-0.2, -0.15) is 0 Å². The molecule has 0 aliphatic carbocycles. The first-order valence-electron chi connectivity index (χ1n) is 31.7. The van der Waals surface area contributed by atoms with Crippen LogP contribution in [0.25, 0.3) is 0 Å². The van der Waals surface area contributed by atoms with Gasteiger partial charge in [-0.25, -0.2) is 0 Å². The lowest BCUT2D eigenvalue weighted by atomic mass is 10.0. The van der Waals surface area contributed by atoms with Gasteiger partial charge in [-0.1, -0.05) is 324 Å². The number of hydrogen-bond acceptors (Lipinski definition) is 6. The van der Waals surface area contributed by atoms with Crippen molar-refractivity contribution in [1.82, 2.24) is 0 Å². The van der Waals surface area contributed by atoms with E-state index >= 15 is 0 Å². The average molecular weight is 990 g/mol. The topological polar surface area (TPSA) is 78.9 Å². The van der Waals surface area contributed by atoms with Crippen LogP contribution in [-0.4, -0.2) is 37.2 Å². The normalized spacial score (nSPS) is 12.0. The minimum absolute atomic E-state index is 0.0625. The molecule has 0 fully saturated rings. The SMILES string of the molecule is CCCCCCCCCCCCCCCCCCCCCC(=O)OC[C@@H](COC(=O)CCCCCCCCCCCCCCCCCCCCC(C)C)OC(=O)CCCCCCCCCCCC(C)C. The fourth-order valence-corrected chi connectivity index (χ4v) is 9.93. The van der Waals surface area contributed by atoms with Crippen LogP contribution < -0.4 is 0 Å². The quantitative estimate of drug-likeness (QED) is 0.0343. The third-order valence-corrected chi connectivity index (χ3v) is 14.7. The van der Waals surface area contributed by atoms with Gasteiger partial charge >= 0.3 is 17.9 Å². The highest BCUT2D eigenvalue weighted by Gasteiger charge is 2.19. The molecule has 0 amide bonds. The van der Waals surface area contributed by atoms with E-state index in [4.69, 9.17) is 14.2 Å². The molecule has 0 radical (unpaired) electrons. The predicted molar refractivity (Wildman–Crippen MR) is 303 cm³/mol. The van der Waals surface area contributed by atoms with Crippen molar-refractivity contribution >= 4 is 17.9 Å². The fraction of sp³-hybridized carbons (Fsp3) is 0.953. The van der Waals surface area contributed by atoms with E-state index in [2.05, 4.69) is 34.6 Å². The summed E-state index contributed by atoms with van der Waals surface area (Å²) in [6.07, 6.45) is 62.6. The summed E-state index contributed by atoms with van der Waals surface area (Å²) in [5, 5.41) is 0. The Hall–Kier alpha value is -1.59. The number of esters is 3. The van der Waals surface area contributed by atoms with Gasteiger partial charge in [-0.05, 0) is 31.1 Å². The van der Waals surface area contributed by atoms with Gasteiger partial charge in [-0.3, -0.25) is 14.4 Å². The molecule has 416 valence electrons. The molecule has 0 spiro atoms. The number of ether oxygens (including phenoxy) is 3. The third kappa shape index (κ3) is 57.3. The van der Waals surface area contributed by atoms with Crippen LogP contribution in [0.15, 0.2) is 0 Å². The van der Waals surface area contributed by atoms with E-state index in [1.54, 1.807) is 0 Å². The van der Waals surface area contributed by atoms with Crippen molar-refractivity contribution in [2.75, 3.05) is 13.2 Å². The van der Waals surface area contributed by atoms with Crippen LogP contribution in [0.2, 0.25) is 0 Å². The first-order chi connectivity index (χ1) is 34.2. The molecule has 0 saturated heterocycles. The minimum atomic E-state index is -0.764. The van der Waals surface area contributed by atoms with Crippen molar-refractivity contribution in [2.24, 2.45) is 11.8 Å². The smallest absolute Gasteiger partial charge is 0.306 e. The molecule has 0 aliphatic rings. The molecule has 0 aromatic rings. The lowest BCUT2D eigenvalue weighted by Gasteiger charge is -2.18. The molecule has 0 bridgehead atoms. The molecule has 0 aromatic heterocycles. The Morgan fingerprint density at radius 1 is 0.271 bits per heavy atom. The van der Waals surface area contributed by atoms with Gasteiger partial charge in [0.25, 0.3) is 0 Å². The van der Waals surface area contributed by atoms with E-state index in [0.717, 1.165) is 69.6 Å². The summed E-state index contributed by atoms with van der Waals surface area (Å²) in [5.41, 5.74) is 0. The highest BCUT2D eigenvalue weighted by Crippen LogP contribution is 2.19. The summed E-state index contributed by atoms with van der Waals surface area (Å²) >= 11 is 0. The number of carbonyl (C=O) groups excluding carboxylic acids is 3. The Kier molecular flexibility index (Phi) is 55.4. The Labute approximate surface area is 438 Å². The Bertz CT molecular complexity index is 1070. The van der Waals surface area contributed by atoms with Gasteiger partial charge in [0, 0.05) is 19.3 Å². The highest BCUT2D eigenvalue weighted by molar-refractivity contribution is 5.71. The van der Waals surface area contributed by atoms with E-state index in [1.165, 1.54) is 250 Å². The summed E-state index contributed by atoms with van der Waals surface area (Å²) in [6.45, 7) is 11.4. The second-order valence-corrected chi connectivity index (χ2v) is 23.0. The highest BCUT2D eigenvalue weighted by atomic mass is 16.6. The molecule has 0 unspecified atom stereocenters. The number of hydrogen-bond donors (Lipinski definition) is 0. The maximum atomic E-state index is 12.9. The van der Waals surface area contributed by atoms with Crippen LogP contribution >= 0.6 is 0 Å². The second kappa shape index (κ2) is 56.7. The van der Waals surface area contributed by atoms with Crippen molar-refractivity contribution in [3.05, 3.63) is 0 Å². The minimum Gasteiger partial charge on any atom is -0.462 e. The molecule has 70 heavy (non-hydrogen) atoms. The van der Waals surface area contributed by atoms with Crippen LogP contribution in [0.4, 0.5) is 0 Å². The first kappa shape index (κ1) is 68.4. The van der Waals surface area contributed by atoms with Gasteiger partial charge in [-0.15, -0.1) is 0 Å². The zero-order chi connectivity index (χ0) is 51.1. The lowest BCUT2D eigenvalue weighted by molar-refractivity contribution is -0.167. The summed E-state index contributed by atoms with van der Waals surface area (Å²) in [4.78, 5) is 38.2. The molecule has 0 rings (SSSR count). The van der Waals surface area contributed by atoms with Gasteiger partial charge in [0.15, 0.2) is 6.10 Å². The Morgan fingerprint density at radius 2 is 0.471 bits per heavy atom. The van der Waals surface area contributed by atoms with Crippen LogP contribution in [-0.2, 0) is 28.6 Å². The number of carbonyl (C=O) groups is 3. The van der Waals surface area contributed by atoms with E-state index < -0.39 is 6.10 Å². The van der Waals surface area contributed by atoms with Gasteiger partial charge in [0.05, 0.1) is 0 Å². The molecule has 6 nitrogen and oxygen atoms in total. The molecule has 0 heterocycles. The number of rotatable bonds is 58. The third-order valence-electron chi connectivity index (χ3n) is 14.7. The zero-order valence-electron chi connectivity index (χ0n) is 48.2. The predicted octanol–water partition coefficient (Wildman–Crippen LogP) is 21.2. The average Bonchev–Trinajstić information content (AvgIpc) is 3.33. The van der Waals surface area contributed by atoms with Gasteiger partial charge in [0.2, 0.25) is 0 Å². The van der Waals surface area contributed by atoms with E-state index in [0.29, 0.717) is 19.3 Å². The molecule has 0 saturated carbocycles. The van der Waals surface area contributed by atoms with Crippen LogP contribution in [0.5, 0.6) is 0 Å². The number of unbranched alkanes of at least 4 members (excludes halogenated alkanes) is 43. The lowest BCUT2D eigenvalue weighted by Crippen LogP contribution is -2.30. The maximum absolute atomic E-state index is 12.9. The largest absolute Gasteiger partial charge is 0.462 e. The van der Waals surface area contributed by atoms with Crippen molar-refractivity contribution in [1.29, 1.82) is 0 Å². The molecular weight excluding hydrogens is 865 g/mol. The summed E-state index contributed by atoms with van der Waals surface area (Å²) in [5.74, 6) is 0.830. The van der Waals surface area contributed by atoms with Crippen molar-refractivity contribution in [2.45, 2.75) is 368 Å². The monoisotopic (exact) mass is 989 g/mol. The fourth-order valence-electron chi connectivity index (χ4n) is 9.93. The Balaban J connectivity index is 4.21. The molecule has 0 aromatic carbocycles. The van der Waals surface area contributed by atoms with Gasteiger partial charge < -0.3 is 14.2 Å².